The molecule has 140 valence electrons. The number of hydrogen-bond donors (Lipinski definition) is 0. The lowest BCUT2D eigenvalue weighted by molar-refractivity contribution is -0.150. The van der Waals surface area contributed by atoms with E-state index in [0.717, 1.165) is 0 Å². The van der Waals surface area contributed by atoms with E-state index in [-0.39, 0.29) is 36.9 Å². The Hall–Kier alpha value is -2.28. The highest BCUT2D eigenvalue weighted by Crippen LogP contribution is 2.22. The summed E-state index contributed by atoms with van der Waals surface area (Å²) in [5.41, 5.74) is -1.78. The quantitative estimate of drug-likeness (QED) is 0.173. The highest BCUT2D eigenvalue weighted by atomic mass is 16.5. The van der Waals surface area contributed by atoms with E-state index >= 15 is 0 Å². The summed E-state index contributed by atoms with van der Waals surface area (Å²) >= 11 is 0. The van der Waals surface area contributed by atoms with Gasteiger partial charge < -0.3 is 14.2 Å². The first-order valence-corrected chi connectivity index (χ1v) is 7.98. The Morgan fingerprint density at radius 3 is 2.16 bits per heavy atom. The molecule has 25 heavy (non-hydrogen) atoms. The third-order valence-electron chi connectivity index (χ3n) is 3.54. The largest absolute Gasteiger partial charge is 0.462 e. The van der Waals surface area contributed by atoms with Gasteiger partial charge in [-0.3, -0.25) is 9.59 Å². The number of carbonyl (C=O) groups excluding carboxylic acids is 4. The molecule has 0 N–H and O–H groups in total. The molecule has 0 saturated carbocycles. The van der Waals surface area contributed by atoms with Crippen LogP contribution < -0.4 is 0 Å². The van der Waals surface area contributed by atoms with Crippen molar-refractivity contribution in [1.82, 2.24) is 0 Å². The summed E-state index contributed by atoms with van der Waals surface area (Å²) in [7, 11) is 0. The third-order valence-corrected chi connectivity index (χ3v) is 3.54. The van der Waals surface area contributed by atoms with Crippen molar-refractivity contribution in [2.45, 2.75) is 39.7 Å². The van der Waals surface area contributed by atoms with Gasteiger partial charge in [-0.05, 0) is 20.3 Å². The molecule has 0 aliphatic heterocycles. The van der Waals surface area contributed by atoms with Gasteiger partial charge in [0.2, 0.25) is 5.78 Å². The fourth-order valence-electron chi connectivity index (χ4n) is 1.69. The molecule has 0 spiro atoms. The maximum absolute atomic E-state index is 12.5. The minimum absolute atomic E-state index is 0.00149. The molecular formula is C18H26O7. The van der Waals surface area contributed by atoms with Crippen molar-refractivity contribution in [1.29, 1.82) is 0 Å². The van der Waals surface area contributed by atoms with Gasteiger partial charge in [-0.2, -0.15) is 0 Å². The molecule has 0 radical (unpaired) electrons. The van der Waals surface area contributed by atoms with Crippen molar-refractivity contribution in [3.05, 3.63) is 24.3 Å². The summed E-state index contributed by atoms with van der Waals surface area (Å²) in [6.45, 7) is 13.7. The molecule has 0 amide bonds. The fraction of sp³-hybridized carbons (Fsp3) is 0.556. The van der Waals surface area contributed by atoms with Gasteiger partial charge in [-0.1, -0.05) is 27.0 Å². The zero-order chi connectivity index (χ0) is 19.6. The number of ketones is 1. The number of esters is 2. The first-order chi connectivity index (χ1) is 11.6. The summed E-state index contributed by atoms with van der Waals surface area (Å²) in [4.78, 5) is 45.9. The second-order valence-corrected chi connectivity index (χ2v) is 5.77. The SMILES string of the molecule is C=C(C=O)C(=O)OCC(C)COC(C)(CC)C(=O)C(=C)C(=O)OCC. The van der Waals surface area contributed by atoms with E-state index in [1.807, 2.05) is 0 Å². The van der Waals surface area contributed by atoms with Gasteiger partial charge in [0, 0.05) is 5.92 Å². The van der Waals surface area contributed by atoms with Crippen LogP contribution in [0.2, 0.25) is 0 Å². The number of rotatable bonds is 12. The highest BCUT2D eigenvalue weighted by molar-refractivity contribution is 6.19. The van der Waals surface area contributed by atoms with Gasteiger partial charge in [0.1, 0.15) is 5.60 Å². The van der Waals surface area contributed by atoms with Crippen molar-refractivity contribution in [3.63, 3.8) is 0 Å². The molecular weight excluding hydrogens is 328 g/mol. The molecule has 0 aliphatic carbocycles. The van der Waals surface area contributed by atoms with Gasteiger partial charge in [0.05, 0.1) is 31.0 Å². The average molecular weight is 354 g/mol. The van der Waals surface area contributed by atoms with Gasteiger partial charge in [-0.15, -0.1) is 0 Å². The van der Waals surface area contributed by atoms with Crippen molar-refractivity contribution < 1.29 is 33.4 Å². The smallest absolute Gasteiger partial charge is 0.341 e. The maximum Gasteiger partial charge on any atom is 0.341 e. The topological polar surface area (TPSA) is 96.0 Å². The van der Waals surface area contributed by atoms with Crippen molar-refractivity contribution in [2.24, 2.45) is 5.92 Å². The molecule has 2 unspecified atom stereocenters. The van der Waals surface area contributed by atoms with Crippen LogP contribution in [0, 0.1) is 5.92 Å². The molecule has 7 heteroatoms. The summed E-state index contributed by atoms with van der Waals surface area (Å²) < 4.78 is 15.4. The van der Waals surface area contributed by atoms with Crippen molar-refractivity contribution in [2.75, 3.05) is 19.8 Å². The van der Waals surface area contributed by atoms with E-state index in [4.69, 9.17) is 14.2 Å². The summed E-state index contributed by atoms with van der Waals surface area (Å²) in [5, 5.41) is 0. The molecule has 2 atom stereocenters. The summed E-state index contributed by atoms with van der Waals surface area (Å²) in [6.07, 6.45) is 0.635. The van der Waals surface area contributed by atoms with E-state index in [9.17, 15) is 19.2 Å². The molecule has 0 aliphatic rings. The lowest BCUT2D eigenvalue weighted by Gasteiger charge is -2.29. The van der Waals surface area contributed by atoms with E-state index in [2.05, 4.69) is 13.2 Å². The lowest BCUT2D eigenvalue weighted by atomic mass is 9.92. The van der Waals surface area contributed by atoms with Crippen LogP contribution in [0.3, 0.4) is 0 Å². The van der Waals surface area contributed by atoms with Crippen molar-refractivity contribution in [3.8, 4) is 0 Å². The maximum atomic E-state index is 12.5. The Morgan fingerprint density at radius 2 is 1.68 bits per heavy atom. The number of ether oxygens (including phenoxy) is 3. The Kier molecular flexibility index (Phi) is 9.59. The number of Topliss-reactive ketones (excluding diaryl/α,β-unsaturated/α-hetero) is 1. The van der Waals surface area contributed by atoms with Gasteiger partial charge >= 0.3 is 11.9 Å². The molecule has 0 saturated heterocycles. The van der Waals surface area contributed by atoms with E-state index in [0.29, 0.717) is 12.7 Å². The molecule has 0 fully saturated rings. The van der Waals surface area contributed by atoms with Crippen LogP contribution >= 0.6 is 0 Å². The Bertz CT molecular complexity index is 550. The van der Waals surface area contributed by atoms with Crippen LogP contribution in [-0.2, 0) is 33.4 Å². The predicted molar refractivity (Wildman–Crippen MR) is 90.8 cm³/mol. The lowest BCUT2D eigenvalue weighted by Crippen LogP contribution is -2.41. The standard InChI is InChI=1S/C18H26O7/c1-7-18(6,15(20)14(5)17(22)23-8-2)25-11-12(3)10-24-16(21)13(4)9-19/h9,12H,4-5,7-8,10-11H2,1-3,6H3. The normalized spacial score (nSPS) is 13.9. The molecule has 0 heterocycles. The Morgan fingerprint density at radius 1 is 1.08 bits per heavy atom. The van der Waals surface area contributed by atoms with Gasteiger partial charge in [0.25, 0.3) is 0 Å². The monoisotopic (exact) mass is 354 g/mol. The average Bonchev–Trinajstić information content (AvgIpc) is 2.62. The molecule has 7 nitrogen and oxygen atoms in total. The fourth-order valence-corrected chi connectivity index (χ4v) is 1.69. The Labute approximate surface area is 148 Å². The number of hydrogen-bond acceptors (Lipinski definition) is 7. The number of carbonyl (C=O) groups is 4. The first-order valence-electron chi connectivity index (χ1n) is 7.98. The molecule has 0 rings (SSSR count). The minimum atomic E-state index is -1.24. The van der Waals surface area contributed by atoms with Crippen LogP contribution in [0.1, 0.15) is 34.1 Å². The van der Waals surface area contributed by atoms with Crippen LogP contribution in [0.25, 0.3) is 0 Å². The molecule has 0 bridgehead atoms. The molecule has 0 aromatic heterocycles. The van der Waals surface area contributed by atoms with Crippen molar-refractivity contribution >= 4 is 24.0 Å². The first kappa shape index (κ1) is 22.7. The van der Waals surface area contributed by atoms with E-state index < -0.39 is 23.3 Å². The van der Waals surface area contributed by atoms with Crippen LogP contribution in [0.15, 0.2) is 24.3 Å². The zero-order valence-corrected chi connectivity index (χ0v) is 15.3. The van der Waals surface area contributed by atoms with Crippen LogP contribution in [-0.4, -0.2) is 49.4 Å². The van der Waals surface area contributed by atoms with Crippen LogP contribution in [0.5, 0.6) is 0 Å². The summed E-state index contributed by atoms with van der Waals surface area (Å²) in [6, 6.07) is 0. The highest BCUT2D eigenvalue weighted by Gasteiger charge is 2.37. The van der Waals surface area contributed by atoms with E-state index in [1.165, 1.54) is 0 Å². The van der Waals surface area contributed by atoms with E-state index in [1.54, 1.807) is 27.7 Å². The molecule has 0 aromatic carbocycles. The second kappa shape index (κ2) is 10.6. The van der Waals surface area contributed by atoms with Gasteiger partial charge in [0.15, 0.2) is 6.29 Å². The minimum Gasteiger partial charge on any atom is -0.462 e. The zero-order valence-electron chi connectivity index (χ0n) is 15.3. The second-order valence-electron chi connectivity index (χ2n) is 5.77. The summed E-state index contributed by atoms with van der Waals surface area (Å²) in [5.74, 6) is -2.36. The number of aldehydes is 1. The Balaban J connectivity index is 4.69. The predicted octanol–water partition coefficient (Wildman–Crippen LogP) is 1.79. The third kappa shape index (κ3) is 7.01. The van der Waals surface area contributed by atoms with Crippen LogP contribution in [0.4, 0.5) is 0 Å². The van der Waals surface area contributed by atoms with Gasteiger partial charge in [-0.25, -0.2) is 9.59 Å². The molecule has 0 aromatic rings.